The Bertz CT molecular complexity index is 862. The van der Waals surface area contributed by atoms with Crippen molar-refractivity contribution in [2.45, 2.75) is 19.4 Å². The summed E-state index contributed by atoms with van der Waals surface area (Å²) in [7, 11) is 0. The van der Waals surface area contributed by atoms with Gasteiger partial charge in [0, 0.05) is 5.39 Å². The second kappa shape index (κ2) is 6.45. The van der Waals surface area contributed by atoms with Crippen molar-refractivity contribution in [1.82, 2.24) is 9.97 Å². The zero-order valence-corrected chi connectivity index (χ0v) is 13.7. The molecule has 0 fully saturated rings. The molecule has 120 valence electrons. The first kappa shape index (κ1) is 15.6. The number of hydrogen-bond acceptors (Lipinski definition) is 6. The molecule has 2 aromatic heterocycles. The Morgan fingerprint density at radius 3 is 2.91 bits per heavy atom. The highest BCUT2D eigenvalue weighted by molar-refractivity contribution is 7.98. The number of hydrogen-bond donors (Lipinski definition) is 2. The molecule has 1 aromatic carbocycles. The minimum Gasteiger partial charge on any atom is -0.480 e. The Kier molecular flexibility index (Phi) is 4.38. The molecule has 3 aromatic rings. The Balaban J connectivity index is 2.07. The van der Waals surface area contributed by atoms with Gasteiger partial charge >= 0.3 is 5.97 Å². The molecule has 0 bridgehead atoms. The molecule has 0 aliphatic heterocycles. The molecule has 2 N–H and O–H groups in total. The van der Waals surface area contributed by atoms with Crippen LogP contribution >= 0.6 is 11.8 Å². The fourth-order valence-corrected chi connectivity index (χ4v) is 2.93. The zero-order chi connectivity index (χ0) is 16.4. The van der Waals surface area contributed by atoms with Crippen LogP contribution in [0.15, 0.2) is 28.7 Å². The zero-order valence-electron chi connectivity index (χ0n) is 12.9. The molecular weight excluding hydrogens is 314 g/mol. The van der Waals surface area contributed by atoms with Crippen LogP contribution in [0.4, 0.5) is 5.82 Å². The highest BCUT2D eigenvalue weighted by Crippen LogP contribution is 2.31. The van der Waals surface area contributed by atoms with E-state index in [0.29, 0.717) is 34.7 Å². The average molecular weight is 331 g/mol. The molecule has 0 aliphatic carbocycles. The lowest BCUT2D eigenvalue weighted by molar-refractivity contribution is -0.137. The molecule has 0 radical (unpaired) electrons. The predicted octanol–water partition coefficient (Wildman–Crippen LogP) is 3.30. The summed E-state index contributed by atoms with van der Waals surface area (Å²) in [4.78, 5) is 20.2. The van der Waals surface area contributed by atoms with Crippen LogP contribution in [-0.2, 0) is 4.79 Å². The van der Waals surface area contributed by atoms with Crippen LogP contribution in [0.2, 0.25) is 0 Å². The molecule has 0 spiro atoms. The number of anilines is 1. The Morgan fingerprint density at radius 2 is 2.17 bits per heavy atom. The van der Waals surface area contributed by atoms with Crippen molar-refractivity contribution < 1.29 is 14.3 Å². The quantitative estimate of drug-likeness (QED) is 0.716. The van der Waals surface area contributed by atoms with E-state index in [-0.39, 0.29) is 0 Å². The number of aliphatic carboxylic acids is 1. The van der Waals surface area contributed by atoms with E-state index in [1.54, 1.807) is 18.7 Å². The van der Waals surface area contributed by atoms with E-state index in [1.165, 1.54) is 0 Å². The number of nitrogens with zero attached hydrogens (tertiary/aromatic N) is 2. The van der Waals surface area contributed by atoms with E-state index in [1.807, 2.05) is 30.5 Å². The molecule has 0 unspecified atom stereocenters. The summed E-state index contributed by atoms with van der Waals surface area (Å²) >= 11 is 1.61. The van der Waals surface area contributed by atoms with Crippen LogP contribution in [0, 0.1) is 6.92 Å². The maximum atomic E-state index is 11.5. The summed E-state index contributed by atoms with van der Waals surface area (Å²) < 4.78 is 5.84. The summed E-state index contributed by atoms with van der Waals surface area (Å²) in [6.07, 6.45) is 2.45. The van der Waals surface area contributed by atoms with Gasteiger partial charge in [0.2, 0.25) is 0 Å². The highest BCUT2D eigenvalue weighted by atomic mass is 32.2. The lowest BCUT2D eigenvalue weighted by atomic mass is 10.2. The maximum Gasteiger partial charge on any atom is 0.326 e. The number of rotatable bonds is 6. The normalized spacial score (nSPS) is 12.6. The number of para-hydroxylation sites is 1. The molecular formula is C16H17N3O3S. The van der Waals surface area contributed by atoms with Crippen LogP contribution in [0.3, 0.4) is 0 Å². The predicted molar refractivity (Wildman–Crippen MR) is 92.1 cm³/mol. The van der Waals surface area contributed by atoms with Crippen LogP contribution in [0.5, 0.6) is 0 Å². The van der Waals surface area contributed by atoms with E-state index >= 15 is 0 Å². The topological polar surface area (TPSA) is 88.3 Å². The number of fused-ring (bicyclic) bond motifs is 3. The maximum absolute atomic E-state index is 11.5. The van der Waals surface area contributed by atoms with Gasteiger partial charge in [0.25, 0.3) is 0 Å². The monoisotopic (exact) mass is 331 g/mol. The summed E-state index contributed by atoms with van der Waals surface area (Å²) in [5, 5.41) is 13.3. The molecule has 3 rings (SSSR count). The van der Waals surface area contributed by atoms with Gasteiger partial charge < -0.3 is 14.8 Å². The first-order valence-electron chi connectivity index (χ1n) is 7.24. The van der Waals surface area contributed by atoms with Crippen LogP contribution in [-0.4, -0.2) is 39.1 Å². The molecule has 6 nitrogen and oxygen atoms in total. The van der Waals surface area contributed by atoms with Gasteiger partial charge in [-0.05, 0) is 37.5 Å². The van der Waals surface area contributed by atoms with E-state index in [9.17, 15) is 9.90 Å². The van der Waals surface area contributed by atoms with Crippen molar-refractivity contribution >= 4 is 45.6 Å². The number of benzene rings is 1. The average Bonchev–Trinajstić information content (AvgIpc) is 2.90. The van der Waals surface area contributed by atoms with Gasteiger partial charge in [-0.15, -0.1) is 0 Å². The summed E-state index contributed by atoms with van der Waals surface area (Å²) in [6, 6.07) is 6.88. The highest BCUT2D eigenvalue weighted by Gasteiger charge is 2.21. The van der Waals surface area contributed by atoms with Gasteiger partial charge in [0.1, 0.15) is 23.0 Å². The van der Waals surface area contributed by atoms with Crippen molar-refractivity contribution in [2.24, 2.45) is 0 Å². The third-order valence-electron chi connectivity index (χ3n) is 3.55. The first-order chi connectivity index (χ1) is 11.1. The number of nitrogens with one attached hydrogen (secondary N) is 1. The van der Waals surface area contributed by atoms with Crippen LogP contribution < -0.4 is 5.32 Å². The third kappa shape index (κ3) is 3.10. The Labute approximate surface area is 137 Å². The van der Waals surface area contributed by atoms with Gasteiger partial charge in [-0.25, -0.2) is 14.8 Å². The lowest BCUT2D eigenvalue weighted by Gasteiger charge is -2.14. The molecule has 23 heavy (non-hydrogen) atoms. The van der Waals surface area contributed by atoms with Crippen LogP contribution in [0.1, 0.15) is 12.2 Å². The summed E-state index contributed by atoms with van der Waals surface area (Å²) in [5.41, 5.74) is 1.90. The van der Waals surface area contributed by atoms with Crippen molar-refractivity contribution in [3.05, 3.63) is 30.1 Å². The van der Waals surface area contributed by atoms with Gasteiger partial charge in [-0.2, -0.15) is 11.8 Å². The van der Waals surface area contributed by atoms with E-state index in [2.05, 4.69) is 15.3 Å². The molecule has 0 aliphatic rings. The van der Waals surface area contributed by atoms with Crippen molar-refractivity contribution in [3.8, 4) is 0 Å². The summed E-state index contributed by atoms with van der Waals surface area (Å²) in [5.74, 6) is 0.842. The number of aromatic nitrogens is 2. The standard InChI is InChI=1S/C16H17N3O3S/c1-9-17-13-10-5-3-4-6-12(10)22-14(13)15(18-9)19-11(16(20)21)7-8-23-2/h3-6,11H,7-8H2,1-2H3,(H,20,21)(H,17,18,19)/t11-/m1/s1. The fraction of sp³-hybridized carbons (Fsp3) is 0.312. The van der Waals surface area contributed by atoms with Crippen molar-refractivity contribution in [3.63, 3.8) is 0 Å². The second-order valence-electron chi connectivity index (χ2n) is 5.21. The number of carboxylic acid groups (broad SMARTS) is 1. The molecule has 1 atom stereocenters. The van der Waals surface area contributed by atoms with Gasteiger partial charge in [-0.3, -0.25) is 0 Å². The Hall–Kier alpha value is -2.28. The Morgan fingerprint density at radius 1 is 1.39 bits per heavy atom. The number of carboxylic acids is 1. The minimum atomic E-state index is -0.903. The molecule has 2 heterocycles. The van der Waals surface area contributed by atoms with Crippen molar-refractivity contribution in [1.29, 1.82) is 0 Å². The SMILES string of the molecule is CSCC[C@@H](Nc1nc(C)nc2c1oc1ccccc12)C(=O)O. The molecule has 0 saturated carbocycles. The molecule has 7 heteroatoms. The molecule has 0 saturated heterocycles. The van der Waals surface area contributed by atoms with Gasteiger partial charge in [0.05, 0.1) is 0 Å². The van der Waals surface area contributed by atoms with E-state index in [4.69, 9.17) is 4.42 Å². The largest absolute Gasteiger partial charge is 0.480 e. The van der Waals surface area contributed by atoms with E-state index in [0.717, 1.165) is 11.1 Å². The lowest BCUT2D eigenvalue weighted by Crippen LogP contribution is -2.30. The van der Waals surface area contributed by atoms with E-state index < -0.39 is 12.0 Å². The van der Waals surface area contributed by atoms with Crippen LogP contribution in [0.25, 0.3) is 22.1 Å². The number of thioether (sulfide) groups is 1. The third-order valence-corrected chi connectivity index (χ3v) is 4.20. The smallest absolute Gasteiger partial charge is 0.326 e. The molecule has 0 amide bonds. The second-order valence-corrected chi connectivity index (χ2v) is 6.20. The summed E-state index contributed by atoms with van der Waals surface area (Å²) in [6.45, 7) is 1.78. The minimum absolute atomic E-state index is 0.428. The van der Waals surface area contributed by atoms with Gasteiger partial charge in [-0.1, -0.05) is 12.1 Å². The number of furan rings is 1. The number of carbonyl (C=O) groups is 1. The van der Waals surface area contributed by atoms with Crippen molar-refractivity contribution in [2.75, 3.05) is 17.3 Å². The number of aryl methyl sites for hydroxylation is 1. The van der Waals surface area contributed by atoms with Gasteiger partial charge in [0.15, 0.2) is 11.4 Å². The first-order valence-corrected chi connectivity index (χ1v) is 8.63. The fourth-order valence-electron chi connectivity index (χ4n) is 2.46.